The molecule has 0 radical (unpaired) electrons. The third-order valence-electron chi connectivity index (χ3n) is 7.02. The summed E-state index contributed by atoms with van der Waals surface area (Å²) in [5, 5.41) is 17.8. The van der Waals surface area contributed by atoms with Crippen LogP contribution in [0.15, 0.2) is 18.2 Å². The number of hydrogen-bond acceptors (Lipinski definition) is 6. The Balaban J connectivity index is 1.30. The van der Waals surface area contributed by atoms with Gasteiger partial charge in [-0.15, -0.1) is 0 Å². The monoisotopic (exact) mass is 485 g/mol. The Labute approximate surface area is 197 Å². The molecular weight excluding hydrogens is 457 g/mol. The zero-order valence-electron chi connectivity index (χ0n) is 18.0. The topological polar surface area (TPSA) is 109 Å². The number of fused-ring (bicyclic) bond motifs is 3. The molecule has 176 valence electrons. The average molecular weight is 486 g/mol. The highest BCUT2D eigenvalue weighted by atomic mass is 35.5. The van der Waals surface area contributed by atoms with Gasteiger partial charge in [0.25, 0.3) is 11.8 Å². The van der Waals surface area contributed by atoms with E-state index in [4.69, 9.17) is 32.8 Å². The first-order chi connectivity index (χ1) is 15.2. The molecule has 1 heterocycles. The number of carbonyl (C=O) groups excluding carboxylic acids is 2. The molecule has 4 fully saturated rings. The first-order valence-corrected chi connectivity index (χ1v) is 11.8. The molecule has 1 aromatic rings. The molecule has 1 aromatic carbocycles. The number of benzene rings is 1. The molecule has 5 rings (SSSR count). The maximum Gasteiger partial charge on any atom is 0.258 e. The second-order valence-corrected chi connectivity index (χ2v) is 9.94. The van der Waals surface area contributed by atoms with Crippen molar-refractivity contribution < 1.29 is 24.3 Å². The smallest absolute Gasteiger partial charge is 0.258 e. The van der Waals surface area contributed by atoms with Crippen molar-refractivity contribution in [1.82, 2.24) is 16.1 Å². The van der Waals surface area contributed by atoms with Gasteiger partial charge in [-0.05, 0) is 50.7 Å². The minimum Gasteiger partial charge on any atom is -0.484 e. The number of hydroxylamine groups is 1. The van der Waals surface area contributed by atoms with E-state index in [0.717, 1.165) is 6.42 Å². The Morgan fingerprint density at radius 2 is 1.97 bits per heavy atom. The van der Waals surface area contributed by atoms with Crippen molar-refractivity contribution in [3.63, 3.8) is 0 Å². The third-order valence-corrected chi connectivity index (χ3v) is 7.76. The van der Waals surface area contributed by atoms with Gasteiger partial charge in [-0.2, -0.15) is 5.48 Å². The maximum absolute atomic E-state index is 12.7. The fourth-order valence-electron chi connectivity index (χ4n) is 4.98. The minimum atomic E-state index is -0.759. The van der Waals surface area contributed by atoms with Gasteiger partial charge in [-0.3, -0.25) is 14.4 Å². The van der Waals surface area contributed by atoms with Crippen LogP contribution in [-0.4, -0.2) is 52.9 Å². The number of halogens is 2. The van der Waals surface area contributed by atoms with Crippen LogP contribution in [0.1, 0.15) is 51.9 Å². The predicted molar refractivity (Wildman–Crippen MR) is 120 cm³/mol. The molecule has 3 saturated carbocycles. The molecule has 0 aromatic heterocycles. The second kappa shape index (κ2) is 9.35. The Hall–Kier alpha value is -1.58. The summed E-state index contributed by atoms with van der Waals surface area (Å²) >= 11 is 11.9. The first-order valence-electron chi connectivity index (χ1n) is 11.0. The normalized spacial score (nSPS) is 33.7. The molecule has 4 aliphatic rings. The summed E-state index contributed by atoms with van der Waals surface area (Å²) in [7, 11) is 0. The molecule has 3 aliphatic carbocycles. The van der Waals surface area contributed by atoms with Gasteiger partial charge in [-0.25, -0.2) is 0 Å². The third kappa shape index (κ3) is 4.84. The van der Waals surface area contributed by atoms with Crippen molar-refractivity contribution in [1.29, 1.82) is 0 Å². The number of carbonyl (C=O) groups is 2. The summed E-state index contributed by atoms with van der Waals surface area (Å²) in [5.41, 5.74) is 1.73. The largest absolute Gasteiger partial charge is 0.484 e. The number of rotatable bonds is 7. The van der Waals surface area contributed by atoms with E-state index in [1.165, 1.54) is 0 Å². The Morgan fingerprint density at radius 3 is 2.59 bits per heavy atom. The van der Waals surface area contributed by atoms with E-state index < -0.39 is 23.3 Å². The van der Waals surface area contributed by atoms with Crippen LogP contribution in [0.4, 0.5) is 0 Å². The van der Waals surface area contributed by atoms with Gasteiger partial charge in [0, 0.05) is 24.1 Å². The summed E-state index contributed by atoms with van der Waals surface area (Å²) in [6.07, 6.45) is 3.17. The second-order valence-electron chi connectivity index (χ2n) is 9.12. The lowest BCUT2D eigenvalue weighted by Gasteiger charge is -2.56. The molecule has 1 saturated heterocycles. The van der Waals surface area contributed by atoms with Crippen LogP contribution in [0, 0.1) is 0 Å². The summed E-state index contributed by atoms with van der Waals surface area (Å²) in [6, 6.07) is 4.97. The summed E-state index contributed by atoms with van der Waals surface area (Å²) in [4.78, 5) is 30.7. The van der Waals surface area contributed by atoms with Crippen molar-refractivity contribution in [2.24, 2.45) is 0 Å². The van der Waals surface area contributed by atoms with E-state index in [1.807, 2.05) is 6.92 Å². The Kier molecular flexibility index (Phi) is 6.89. The van der Waals surface area contributed by atoms with Crippen LogP contribution >= 0.6 is 23.2 Å². The molecule has 3 atom stereocenters. The number of ether oxygens (including phenoxy) is 1. The molecule has 0 spiro atoms. The summed E-state index contributed by atoms with van der Waals surface area (Å²) < 4.78 is 5.52. The molecule has 2 bridgehead atoms. The van der Waals surface area contributed by atoms with Crippen molar-refractivity contribution in [2.75, 3.05) is 6.61 Å². The zero-order valence-corrected chi connectivity index (χ0v) is 19.5. The van der Waals surface area contributed by atoms with E-state index in [9.17, 15) is 14.7 Å². The molecule has 2 amide bonds. The van der Waals surface area contributed by atoms with E-state index in [1.54, 1.807) is 18.2 Å². The van der Waals surface area contributed by atoms with E-state index >= 15 is 0 Å². The van der Waals surface area contributed by atoms with Gasteiger partial charge < -0.3 is 20.5 Å². The lowest BCUT2D eigenvalue weighted by atomic mass is 9.60. The van der Waals surface area contributed by atoms with Crippen molar-refractivity contribution in [3.05, 3.63) is 28.2 Å². The van der Waals surface area contributed by atoms with Gasteiger partial charge in [0.2, 0.25) is 0 Å². The lowest BCUT2D eigenvalue weighted by molar-refractivity contribution is -0.142. The molecule has 32 heavy (non-hydrogen) atoms. The first kappa shape index (κ1) is 23.6. The maximum atomic E-state index is 12.7. The number of aliphatic hydroxyl groups is 1. The van der Waals surface area contributed by atoms with Gasteiger partial charge >= 0.3 is 0 Å². The van der Waals surface area contributed by atoms with Gasteiger partial charge in [0.15, 0.2) is 12.7 Å². The molecular formula is C22H29Cl2N3O5. The van der Waals surface area contributed by atoms with E-state index in [0.29, 0.717) is 54.3 Å². The van der Waals surface area contributed by atoms with E-state index in [2.05, 4.69) is 16.1 Å². The molecule has 1 aliphatic heterocycles. The van der Waals surface area contributed by atoms with Crippen molar-refractivity contribution in [2.45, 2.75) is 81.2 Å². The Bertz CT molecular complexity index is 875. The number of amides is 2. The zero-order chi connectivity index (χ0) is 22.9. The summed E-state index contributed by atoms with van der Waals surface area (Å²) in [6.45, 7) is 1.85. The molecule has 10 heteroatoms. The van der Waals surface area contributed by atoms with Crippen LogP contribution in [0.3, 0.4) is 0 Å². The highest BCUT2D eigenvalue weighted by molar-refractivity contribution is 6.42. The van der Waals surface area contributed by atoms with Crippen LogP contribution < -0.4 is 20.9 Å². The van der Waals surface area contributed by atoms with Crippen molar-refractivity contribution in [3.8, 4) is 5.75 Å². The van der Waals surface area contributed by atoms with Gasteiger partial charge in [-0.1, -0.05) is 30.1 Å². The SMILES string of the molecule is CCC1CC(C(=O)NC23CCC(NC(=O)COc4ccc(Cl)c(Cl)c4)(CC2)[C@@H](O)C3)ON1. The summed E-state index contributed by atoms with van der Waals surface area (Å²) in [5.74, 6) is -0.0192. The van der Waals surface area contributed by atoms with Crippen LogP contribution in [-0.2, 0) is 14.4 Å². The minimum absolute atomic E-state index is 0.144. The quantitative estimate of drug-likeness (QED) is 0.472. The van der Waals surface area contributed by atoms with Crippen LogP contribution in [0.2, 0.25) is 10.0 Å². The van der Waals surface area contributed by atoms with Gasteiger partial charge in [0.1, 0.15) is 5.75 Å². The highest BCUT2D eigenvalue weighted by Crippen LogP contribution is 2.47. The van der Waals surface area contributed by atoms with Crippen molar-refractivity contribution >= 4 is 35.0 Å². The lowest BCUT2D eigenvalue weighted by Crippen LogP contribution is -2.70. The van der Waals surface area contributed by atoms with Gasteiger partial charge in [0.05, 0.1) is 21.7 Å². The molecule has 4 N–H and O–H groups in total. The molecule has 2 unspecified atom stereocenters. The number of aliphatic hydroxyl groups excluding tert-OH is 1. The standard InChI is InChI=1S/C22H29Cl2N3O5/c1-2-13-9-17(32-27-13)20(30)26-21-5-7-22(8-6-21,18(28)11-21)25-19(29)12-31-14-3-4-15(23)16(24)10-14/h3-4,10,13,17-18,27-28H,2,5-9,11-12H2,1H3,(H,25,29)(H,26,30)/t13?,17?,18-,21?,22?/m0/s1. The Morgan fingerprint density at radius 1 is 1.22 bits per heavy atom. The predicted octanol–water partition coefficient (Wildman–Crippen LogP) is 2.49. The number of nitrogens with one attached hydrogen (secondary N) is 3. The van der Waals surface area contributed by atoms with Crippen LogP contribution in [0.5, 0.6) is 5.75 Å². The fourth-order valence-corrected chi connectivity index (χ4v) is 5.26. The highest BCUT2D eigenvalue weighted by Gasteiger charge is 2.55. The number of hydrogen-bond donors (Lipinski definition) is 4. The fraction of sp³-hybridized carbons (Fsp3) is 0.636. The van der Waals surface area contributed by atoms with Crippen LogP contribution in [0.25, 0.3) is 0 Å². The van der Waals surface area contributed by atoms with E-state index in [-0.39, 0.29) is 24.5 Å². The molecule has 8 nitrogen and oxygen atoms in total. The average Bonchev–Trinajstić information content (AvgIpc) is 3.25.